The van der Waals surface area contributed by atoms with Gasteiger partial charge in [0.05, 0.1) is 11.2 Å². The lowest BCUT2D eigenvalue weighted by Gasteiger charge is -2.23. The van der Waals surface area contributed by atoms with Crippen molar-refractivity contribution in [3.05, 3.63) is 0 Å². The van der Waals surface area contributed by atoms with Crippen molar-refractivity contribution in [1.29, 1.82) is 0 Å². The zero-order valence-electron chi connectivity index (χ0n) is 10.3. The summed E-state index contributed by atoms with van der Waals surface area (Å²) in [6.45, 7) is 0.614. The predicted octanol–water partition coefficient (Wildman–Crippen LogP) is 0.913. The molecule has 2 atom stereocenters. The van der Waals surface area contributed by atoms with Crippen LogP contribution in [0.1, 0.15) is 32.1 Å². The highest BCUT2D eigenvalue weighted by Gasteiger charge is 2.57. The van der Waals surface area contributed by atoms with Crippen LogP contribution in [0.3, 0.4) is 0 Å². The van der Waals surface area contributed by atoms with E-state index in [0.29, 0.717) is 18.9 Å². The quantitative estimate of drug-likeness (QED) is 0.826. The van der Waals surface area contributed by atoms with Gasteiger partial charge in [-0.15, -0.1) is 0 Å². The fraction of sp³-hybridized carbons (Fsp3) is 0.917. The average Bonchev–Trinajstić information content (AvgIpc) is 2.85. The number of hydrogen-bond acceptors (Lipinski definition) is 3. The van der Waals surface area contributed by atoms with Crippen LogP contribution in [0.15, 0.2) is 0 Å². The van der Waals surface area contributed by atoms with Gasteiger partial charge in [-0.2, -0.15) is 0 Å². The molecule has 0 aromatic carbocycles. The Kier molecular flexibility index (Phi) is 2.71. The first kappa shape index (κ1) is 12.4. The smallest absolute Gasteiger partial charge is 0.311 e. The number of sulfonamides is 1. The summed E-state index contributed by atoms with van der Waals surface area (Å²) in [5.41, 5.74) is -0.795. The number of carboxylic acid groups (broad SMARTS) is 1. The summed E-state index contributed by atoms with van der Waals surface area (Å²) in [6, 6.07) is 0. The summed E-state index contributed by atoms with van der Waals surface area (Å²) in [4.78, 5) is 11.5. The molecule has 0 aromatic rings. The number of carbonyl (C=O) groups is 1. The highest BCUT2D eigenvalue weighted by Crippen LogP contribution is 2.49. The lowest BCUT2D eigenvalue weighted by atomic mass is 9.81. The van der Waals surface area contributed by atoms with Crippen LogP contribution >= 0.6 is 0 Å². The molecule has 5 nitrogen and oxygen atoms in total. The third kappa shape index (κ3) is 1.86. The number of aliphatic carboxylic acids is 1. The van der Waals surface area contributed by atoms with E-state index in [1.165, 1.54) is 4.31 Å². The molecule has 102 valence electrons. The number of rotatable bonds is 4. The van der Waals surface area contributed by atoms with Crippen LogP contribution < -0.4 is 0 Å². The van der Waals surface area contributed by atoms with Crippen molar-refractivity contribution in [2.75, 3.05) is 18.8 Å². The Balaban J connectivity index is 1.79. The molecule has 1 heterocycles. The van der Waals surface area contributed by atoms with Crippen LogP contribution in [-0.4, -0.2) is 42.6 Å². The molecule has 3 aliphatic rings. The molecule has 2 saturated carbocycles. The highest BCUT2D eigenvalue weighted by atomic mass is 32.2. The Hall–Kier alpha value is -0.620. The fourth-order valence-electron chi connectivity index (χ4n) is 3.49. The summed E-state index contributed by atoms with van der Waals surface area (Å²) in [6.07, 6.45) is 4.39. The van der Waals surface area contributed by atoms with Gasteiger partial charge < -0.3 is 5.11 Å². The van der Waals surface area contributed by atoms with Crippen LogP contribution in [0.2, 0.25) is 0 Å². The monoisotopic (exact) mass is 273 g/mol. The van der Waals surface area contributed by atoms with E-state index in [0.717, 1.165) is 25.7 Å². The molecule has 3 rings (SSSR count). The molecular weight excluding hydrogens is 254 g/mol. The second-order valence-electron chi connectivity index (χ2n) is 6.06. The van der Waals surface area contributed by atoms with Gasteiger partial charge in [0.25, 0.3) is 0 Å². The first-order valence-corrected chi connectivity index (χ1v) is 8.26. The lowest BCUT2D eigenvalue weighted by Crippen LogP contribution is -2.38. The molecule has 3 fully saturated rings. The van der Waals surface area contributed by atoms with E-state index in [1.807, 2.05) is 0 Å². The standard InChI is InChI=1S/C12H19NO4S/c14-11(15)12-5-1-2-10(12)6-13(8-12)18(16,17)7-9-3-4-9/h9-10H,1-8H2,(H,14,15)/t10-,12+/m0/s1. The summed E-state index contributed by atoms with van der Waals surface area (Å²) in [7, 11) is -3.24. The van der Waals surface area contributed by atoms with E-state index in [-0.39, 0.29) is 18.2 Å². The second-order valence-corrected chi connectivity index (χ2v) is 8.08. The molecule has 0 amide bonds. The van der Waals surface area contributed by atoms with E-state index in [9.17, 15) is 18.3 Å². The van der Waals surface area contributed by atoms with Crippen molar-refractivity contribution >= 4 is 16.0 Å². The van der Waals surface area contributed by atoms with Gasteiger partial charge in [0.1, 0.15) is 0 Å². The van der Waals surface area contributed by atoms with Gasteiger partial charge in [-0.1, -0.05) is 6.42 Å². The summed E-state index contributed by atoms with van der Waals surface area (Å²) < 4.78 is 25.9. The van der Waals surface area contributed by atoms with Gasteiger partial charge in [0.2, 0.25) is 10.0 Å². The van der Waals surface area contributed by atoms with Gasteiger partial charge >= 0.3 is 5.97 Å². The maximum absolute atomic E-state index is 12.2. The molecule has 1 saturated heterocycles. The number of hydrogen-bond donors (Lipinski definition) is 1. The minimum absolute atomic E-state index is 0.0176. The van der Waals surface area contributed by atoms with Crippen LogP contribution in [0.5, 0.6) is 0 Å². The summed E-state index contributed by atoms with van der Waals surface area (Å²) in [5.74, 6) is -0.260. The van der Waals surface area contributed by atoms with E-state index in [4.69, 9.17) is 0 Å². The lowest BCUT2D eigenvalue weighted by molar-refractivity contribution is -0.149. The molecule has 0 unspecified atom stereocenters. The van der Waals surface area contributed by atoms with E-state index in [1.54, 1.807) is 0 Å². The Labute approximate surface area is 107 Å². The minimum Gasteiger partial charge on any atom is -0.481 e. The number of nitrogens with zero attached hydrogens (tertiary/aromatic N) is 1. The molecule has 6 heteroatoms. The first-order chi connectivity index (χ1) is 8.44. The normalized spacial score (nSPS) is 36.8. The largest absolute Gasteiger partial charge is 0.481 e. The molecule has 0 radical (unpaired) electrons. The maximum Gasteiger partial charge on any atom is 0.311 e. The molecule has 1 aliphatic heterocycles. The molecule has 0 spiro atoms. The summed E-state index contributed by atoms with van der Waals surface area (Å²) >= 11 is 0. The third-order valence-corrected chi connectivity index (χ3v) is 6.76. The van der Waals surface area contributed by atoms with Crippen molar-refractivity contribution in [3.63, 3.8) is 0 Å². The molecular formula is C12H19NO4S. The fourth-order valence-corrected chi connectivity index (χ4v) is 5.47. The SMILES string of the molecule is O=C(O)[C@@]12CCC[C@H]1CN(S(=O)(=O)CC1CC1)C2. The van der Waals surface area contributed by atoms with Crippen molar-refractivity contribution in [1.82, 2.24) is 4.31 Å². The van der Waals surface area contributed by atoms with Crippen LogP contribution in [-0.2, 0) is 14.8 Å². The maximum atomic E-state index is 12.2. The minimum atomic E-state index is -3.24. The number of fused-ring (bicyclic) bond motifs is 1. The molecule has 2 aliphatic carbocycles. The zero-order valence-corrected chi connectivity index (χ0v) is 11.2. The van der Waals surface area contributed by atoms with Crippen molar-refractivity contribution in [2.24, 2.45) is 17.3 Å². The molecule has 18 heavy (non-hydrogen) atoms. The first-order valence-electron chi connectivity index (χ1n) is 6.65. The molecule has 1 N–H and O–H groups in total. The third-order valence-electron chi connectivity index (χ3n) is 4.80. The summed E-state index contributed by atoms with van der Waals surface area (Å²) in [5, 5.41) is 9.43. The zero-order chi connectivity index (χ0) is 13.0. The molecule has 0 aromatic heterocycles. The Morgan fingerprint density at radius 3 is 2.61 bits per heavy atom. The molecule has 0 bridgehead atoms. The van der Waals surface area contributed by atoms with Gasteiger partial charge in [-0.25, -0.2) is 12.7 Å². The van der Waals surface area contributed by atoms with E-state index < -0.39 is 21.4 Å². The Morgan fingerprint density at radius 1 is 1.33 bits per heavy atom. The van der Waals surface area contributed by atoms with Crippen LogP contribution in [0.4, 0.5) is 0 Å². The second kappa shape index (κ2) is 3.93. The Morgan fingerprint density at radius 2 is 2.06 bits per heavy atom. The van der Waals surface area contributed by atoms with Crippen molar-refractivity contribution in [2.45, 2.75) is 32.1 Å². The van der Waals surface area contributed by atoms with Gasteiger partial charge in [0.15, 0.2) is 0 Å². The van der Waals surface area contributed by atoms with Crippen LogP contribution in [0.25, 0.3) is 0 Å². The predicted molar refractivity (Wildman–Crippen MR) is 65.5 cm³/mol. The van der Waals surface area contributed by atoms with Crippen molar-refractivity contribution < 1.29 is 18.3 Å². The van der Waals surface area contributed by atoms with Gasteiger partial charge in [0, 0.05) is 13.1 Å². The number of carboxylic acids is 1. The van der Waals surface area contributed by atoms with Gasteiger partial charge in [-0.3, -0.25) is 4.79 Å². The van der Waals surface area contributed by atoms with Crippen LogP contribution in [0, 0.1) is 17.3 Å². The highest BCUT2D eigenvalue weighted by molar-refractivity contribution is 7.89. The average molecular weight is 273 g/mol. The topological polar surface area (TPSA) is 74.7 Å². The van der Waals surface area contributed by atoms with Gasteiger partial charge in [-0.05, 0) is 37.5 Å². The van der Waals surface area contributed by atoms with Crippen molar-refractivity contribution in [3.8, 4) is 0 Å². The Bertz CT molecular complexity index is 470. The van der Waals surface area contributed by atoms with E-state index in [2.05, 4.69) is 0 Å². The van der Waals surface area contributed by atoms with E-state index >= 15 is 0 Å².